The number of rotatable bonds is 8. The number of aliphatic imine (C=N–C) groups is 1. The van der Waals surface area contributed by atoms with Gasteiger partial charge < -0.3 is 24.9 Å². The van der Waals surface area contributed by atoms with Crippen LogP contribution >= 0.6 is 11.3 Å². The van der Waals surface area contributed by atoms with Crippen LogP contribution in [-0.2, 0) is 10.3 Å². The summed E-state index contributed by atoms with van der Waals surface area (Å²) in [5.41, 5.74) is -0.108. The van der Waals surface area contributed by atoms with Crippen LogP contribution in [0.4, 0.5) is 0 Å². The van der Waals surface area contributed by atoms with Gasteiger partial charge in [0.25, 0.3) is 0 Å². The Kier molecular flexibility index (Phi) is 7.71. The molecule has 2 unspecified atom stereocenters. The zero-order valence-electron chi connectivity index (χ0n) is 17.5. The maximum atomic E-state index is 10.8. The van der Waals surface area contributed by atoms with E-state index in [0.717, 1.165) is 49.9 Å². The molecule has 29 heavy (non-hydrogen) atoms. The predicted molar refractivity (Wildman–Crippen MR) is 116 cm³/mol. The molecule has 1 saturated heterocycles. The van der Waals surface area contributed by atoms with Crippen molar-refractivity contribution in [1.82, 2.24) is 15.5 Å². The summed E-state index contributed by atoms with van der Waals surface area (Å²) in [5, 5.41) is 21.4. The van der Waals surface area contributed by atoms with Crippen molar-refractivity contribution in [3.63, 3.8) is 0 Å². The van der Waals surface area contributed by atoms with E-state index in [1.165, 1.54) is 0 Å². The van der Waals surface area contributed by atoms with Crippen molar-refractivity contribution < 1.29 is 14.3 Å². The molecule has 8 heteroatoms. The molecule has 0 amide bonds. The van der Waals surface area contributed by atoms with E-state index < -0.39 is 5.60 Å². The molecular formula is C21H32N4O3S. The van der Waals surface area contributed by atoms with Gasteiger partial charge in [-0.05, 0) is 55.3 Å². The molecule has 3 N–H and O–H groups in total. The molecule has 0 saturated carbocycles. The van der Waals surface area contributed by atoms with E-state index in [2.05, 4.69) is 20.5 Å². The number of aliphatic hydroxyl groups is 1. The van der Waals surface area contributed by atoms with E-state index in [1.54, 1.807) is 18.3 Å². The normalized spacial score (nSPS) is 19.0. The molecule has 1 aliphatic heterocycles. The molecule has 2 aromatic heterocycles. The molecule has 3 heterocycles. The van der Waals surface area contributed by atoms with Crippen LogP contribution in [0.15, 0.2) is 38.4 Å². The summed E-state index contributed by atoms with van der Waals surface area (Å²) in [6.07, 6.45) is 0. The molecule has 2 atom stereocenters. The molecule has 0 bridgehead atoms. The summed E-state index contributed by atoms with van der Waals surface area (Å²) >= 11 is 1.57. The Balaban J connectivity index is 1.68. The lowest BCUT2D eigenvalue weighted by Gasteiger charge is -2.33. The van der Waals surface area contributed by atoms with Crippen molar-refractivity contribution in [2.24, 2.45) is 4.99 Å². The number of morpholine rings is 1. The van der Waals surface area contributed by atoms with Crippen molar-refractivity contribution in [2.45, 2.75) is 32.4 Å². The maximum absolute atomic E-state index is 10.8. The second-order valence-corrected chi connectivity index (χ2v) is 8.25. The van der Waals surface area contributed by atoms with E-state index in [9.17, 15) is 5.11 Å². The Morgan fingerprint density at radius 3 is 2.72 bits per heavy atom. The highest BCUT2D eigenvalue weighted by Crippen LogP contribution is 2.24. The van der Waals surface area contributed by atoms with Gasteiger partial charge in [-0.25, -0.2) is 4.99 Å². The first-order valence-electron chi connectivity index (χ1n) is 10.1. The predicted octanol–water partition coefficient (Wildman–Crippen LogP) is 2.49. The average Bonchev–Trinajstić information content (AvgIpc) is 3.40. The van der Waals surface area contributed by atoms with Crippen LogP contribution in [0.25, 0.3) is 0 Å². The molecule has 0 aliphatic carbocycles. The third-order valence-corrected chi connectivity index (χ3v) is 5.75. The highest BCUT2D eigenvalue weighted by Gasteiger charge is 2.26. The maximum Gasteiger partial charge on any atom is 0.191 e. The van der Waals surface area contributed by atoms with Crippen molar-refractivity contribution in [3.05, 3.63) is 46.0 Å². The van der Waals surface area contributed by atoms with Gasteiger partial charge in [-0.15, -0.1) is 0 Å². The minimum atomic E-state index is -0.996. The van der Waals surface area contributed by atoms with Gasteiger partial charge in [-0.2, -0.15) is 11.3 Å². The minimum absolute atomic E-state index is 0.0915. The third-order valence-electron chi connectivity index (χ3n) is 5.07. The van der Waals surface area contributed by atoms with Crippen LogP contribution in [0.3, 0.4) is 0 Å². The second kappa shape index (κ2) is 10.2. The van der Waals surface area contributed by atoms with Gasteiger partial charge in [0.05, 0.1) is 25.8 Å². The number of aryl methyl sites for hydroxylation is 1. The highest BCUT2D eigenvalue weighted by atomic mass is 32.1. The average molecular weight is 421 g/mol. The first kappa shape index (κ1) is 21.8. The molecule has 0 spiro atoms. The molecule has 1 aliphatic rings. The molecule has 7 nitrogen and oxygen atoms in total. The fraction of sp³-hybridized carbons (Fsp3) is 0.571. The minimum Gasteiger partial charge on any atom is -0.465 e. The zero-order chi connectivity index (χ0) is 20.7. The van der Waals surface area contributed by atoms with Crippen LogP contribution in [-0.4, -0.2) is 61.9 Å². The van der Waals surface area contributed by atoms with Gasteiger partial charge in [-0.1, -0.05) is 0 Å². The number of guanidine groups is 1. The Hall–Kier alpha value is -1.87. The summed E-state index contributed by atoms with van der Waals surface area (Å²) in [7, 11) is 0. The number of nitrogens with one attached hydrogen (secondary N) is 2. The van der Waals surface area contributed by atoms with Gasteiger partial charge in [0, 0.05) is 26.2 Å². The Bertz CT molecular complexity index is 767. The van der Waals surface area contributed by atoms with Crippen LogP contribution in [0.2, 0.25) is 0 Å². The Labute approximate surface area is 176 Å². The quantitative estimate of drug-likeness (QED) is 0.450. The van der Waals surface area contributed by atoms with Crippen molar-refractivity contribution in [2.75, 3.05) is 45.9 Å². The number of nitrogens with zero attached hydrogens (tertiary/aromatic N) is 2. The van der Waals surface area contributed by atoms with Gasteiger partial charge in [0.1, 0.15) is 17.1 Å². The first-order valence-corrected chi connectivity index (χ1v) is 11.1. The van der Waals surface area contributed by atoms with Gasteiger partial charge in [0.15, 0.2) is 5.96 Å². The van der Waals surface area contributed by atoms with E-state index in [4.69, 9.17) is 9.15 Å². The van der Waals surface area contributed by atoms with Gasteiger partial charge in [-0.3, -0.25) is 4.90 Å². The Morgan fingerprint density at radius 2 is 2.10 bits per heavy atom. The standard InChI is InChI=1S/C21H32N4O3S/c1-4-22-20(24-15-21(3,26)17-7-12-29-14-17)23-13-18(19-6-5-16(2)28-19)25-8-10-27-11-9-25/h5-7,12,14,18,26H,4,8-11,13,15H2,1-3H3,(H2,22,23,24). The molecular weight excluding hydrogens is 388 g/mol. The highest BCUT2D eigenvalue weighted by molar-refractivity contribution is 7.08. The molecule has 160 valence electrons. The SMILES string of the molecule is CCNC(=NCC(C)(O)c1ccsc1)NCC(c1ccc(C)o1)N1CCOCC1. The van der Waals surface area contributed by atoms with Crippen LogP contribution < -0.4 is 10.6 Å². The van der Waals surface area contributed by atoms with Gasteiger partial charge in [0.2, 0.25) is 0 Å². The van der Waals surface area contributed by atoms with Crippen molar-refractivity contribution in [1.29, 1.82) is 0 Å². The summed E-state index contributed by atoms with van der Waals surface area (Å²) in [6.45, 7) is 10.7. The molecule has 3 rings (SSSR count). The monoisotopic (exact) mass is 420 g/mol. The topological polar surface area (TPSA) is 82.3 Å². The smallest absolute Gasteiger partial charge is 0.191 e. The van der Waals surface area contributed by atoms with Crippen LogP contribution in [0, 0.1) is 6.92 Å². The molecule has 1 fully saturated rings. The Morgan fingerprint density at radius 1 is 1.31 bits per heavy atom. The van der Waals surface area contributed by atoms with Gasteiger partial charge >= 0.3 is 0 Å². The van der Waals surface area contributed by atoms with E-state index in [-0.39, 0.29) is 12.6 Å². The zero-order valence-corrected chi connectivity index (χ0v) is 18.3. The number of hydrogen-bond acceptors (Lipinski definition) is 6. The van der Waals surface area contributed by atoms with E-state index in [0.29, 0.717) is 12.5 Å². The number of ether oxygens (including phenoxy) is 1. The third kappa shape index (κ3) is 6.05. The van der Waals surface area contributed by atoms with E-state index >= 15 is 0 Å². The fourth-order valence-electron chi connectivity index (χ4n) is 3.36. The summed E-state index contributed by atoms with van der Waals surface area (Å²) in [4.78, 5) is 7.01. The molecule has 0 aromatic carbocycles. The van der Waals surface area contributed by atoms with Crippen LogP contribution in [0.5, 0.6) is 0 Å². The lowest BCUT2D eigenvalue weighted by atomic mass is 10.00. The lowest BCUT2D eigenvalue weighted by Crippen LogP contribution is -2.46. The first-order chi connectivity index (χ1) is 14.0. The van der Waals surface area contributed by atoms with Crippen molar-refractivity contribution >= 4 is 17.3 Å². The molecule has 2 aromatic rings. The summed E-state index contributed by atoms with van der Waals surface area (Å²) < 4.78 is 11.4. The van der Waals surface area contributed by atoms with Crippen molar-refractivity contribution in [3.8, 4) is 0 Å². The lowest BCUT2D eigenvalue weighted by molar-refractivity contribution is 0.0124. The number of furan rings is 1. The number of thiophene rings is 1. The fourth-order valence-corrected chi connectivity index (χ4v) is 4.14. The largest absolute Gasteiger partial charge is 0.465 e. The second-order valence-electron chi connectivity index (χ2n) is 7.47. The summed E-state index contributed by atoms with van der Waals surface area (Å²) in [6, 6.07) is 6.07. The molecule has 0 radical (unpaired) electrons. The number of hydrogen-bond donors (Lipinski definition) is 3. The summed E-state index contributed by atoms with van der Waals surface area (Å²) in [5.74, 6) is 2.54. The van der Waals surface area contributed by atoms with Crippen LogP contribution in [0.1, 0.15) is 37.0 Å². The van der Waals surface area contributed by atoms with E-state index in [1.807, 2.05) is 42.8 Å².